The van der Waals surface area contributed by atoms with Crippen LogP contribution < -0.4 is 25.4 Å². The second-order valence-electron chi connectivity index (χ2n) is 8.41. The molecule has 1 atom stereocenters. The van der Waals surface area contributed by atoms with Crippen LogP contribution in [0.25, 0.3) is 0 Å². The van der Waals surface area contributed by atoms with Crippen LogP contribution in [0.4, 0.5) is 0 Å². The van der Waals surface area contributed by atoms with Crippen molar-refractivity contribution in [3.8, 4) is 11.5 Å². The molecule has 3 rings (SSSR count). The Hall–Kier alpha value is -3.74. The molecule has 0 aliphatic carbocycles. The number of aryl methyl sites for hydroxylation is 1. The van der Waals surface area contributed by atoms with E-state index in [1.807, 2.05) is 6.92 Å². The highest BCUT2D eigenvalue weighted by atomic mass is 79.9. The first-order valence-corrected chi connectivity index (χ1v) is 14.2. The number of primary amides is 1. The lowest BCUT2D eigenvalue weighted by Gasteiger charge is -2.18. The van der Waals surface area contributed by atoms with Gasteiger partial charge < -0.3 is 15.2 Å². The van der Waals surface area contributed by atoms with Crippen molar-refractivity contribution in [3.63, 3.8) is 0 Å². The van der Waals surface area contributed by atoms with Crippen LogP contribution in [0.1, 0.15) is 36.1 Å². The molecule has 3 aromatic carbocycles. The Morgan fingerprint density at radius 3 is 2.41 bits per heavy atom. The largest absolute Gasteiger partial charge is 0.490 e. The van der Waals surface area contributed by atoms with Crippen LogP contribution in [0.2, 0.25) is 0 Å². The molecule has 0 bridgehead atoms. The molecule has 0 spiro atoms. The second-order valence-corrected chi connectivity index (χ2v) is 11.0. The highest BCUT2D eigenvalue weighted by Crippen LogP contribution is 2.36. The third-order valence-corrected chi connectivity index (χ3v) is 7.39. The highest BCUT2D eigenvalue weighted by molar-refractivity contribution is 9.10. The Morgan fingerprint density at radius 1 is 1.08 bits per heavy atom. The Bertz CT molecular complexity index is 1430. The van der Waals surface area contributed by atoms with E-state index in [0.717, 1.165) is 5.56 Å². The maximum absolute atomic E-state index is 13.0. The first kappa shape index (κ1) is 29.8. The van der Waals surface area contributed by atoms with Gasteiger partial charge in [0.1, 0.15) is 0 Å². The molecule has 0 radical (unpaired) electrons. The number of carbonyl (C=O) groups is 2. The van der Waals surface area contributed by atoms with Crippen LogP contribution in [-0.2, 0) is 19.6 Å². The number of hydrogen-bond donors (Lipinski definition) is 3. The number of hydrogen-bond acceptors (Lipinski definition) is 7. The smallest absolute Gasteiger partial charge is 0.255 e. The average molecular weight is 618 g/mol. The summed E-state index contributed by atoms with van der Waals surface area (Å²) in [5, 5.41) is 4.01. The van der Waals surface area contributed by atoms with E-state index < -0.39 is 27.9 Å². The molecule has 206 valence electrons. The number of nitrogens with two attached hydrogens (primary N) is 1. The standard InChI is InChI=1S/C27H29BrN4O6S/c1-3-37-24-14-19(13-22(28)27(24)38-17-25(29)33)16-30-31-26(34)15-23(20-7-5-4-6-8-20)32-39(35,36)21-11-9-18(2)10-12-21/h4-14,16,23,32H,3,15,17H2,1-2H3,(H2,29,33)(H,31,34)/b30-16-/t23-/m0/s1. The van der Waals surface area contributed by atoms with Crippen molar-refractivity contribution < 1.29 is 27.5 Å². The van der Waals surface area contributed by atoms with Gasteiger partial charge in [0.2, 0.25) is 15.9 Å². The Balaban J connectivity index is 1.74. The zero-order valence-electron chi connectivity index (χ0n) is 21.4. The SMILES string of the molecule is CCOc1cc(/C=N\NC(=O)C[C@H](NS(=O)(=O)c2ccc(C)cc2)c2ccccc2)cc(Br)c1OCC(N)=O. The molecular formula is C27H29BrN4O6S. The zero-order valence-corrected chi connectivity index (χ0v) is 23.8. The summed E-state index contributed by atoms with van der Waals surface area (Å²) in [4.78, 5) is 24.0. The molecular weight excluding hydrogens is 588 g/mol. The summed E-state index contributed by atoms with van der Waals surface area (Å²) in [6.45, 7) is 3.68. The molecule has 0 aliphatic rings. The number of nitrogens with zero attached hydrogens (tertiary/aromatic N) is 1. The van der Waals surface area contributed by atoms with Gasteiger partial charge in [0.25, 0.3) is 5.91 Å². The Labute approximate surface area is 235 Å². The monoisotopic (exact) mass is 616 g/mol. The summed E-state index contributed by atoms with van der Waals surface area (Å²) in [7, 11) is -3.89. The number of benzene rings is 3. The molecule has 3 aromatic rings. The van der Waals surface area contributed by atoms with Crippen LogP contribution >= 0.6 is 15.9 Å². The van der Waals surface area contributed by atoms with Crippen LogP contribution in [0, 0.1) is 6.92 Å². The van der Waals surface area contributed by atoms with Gasteiger partial charge in [-0.15, -0.1) is 0 Å². The van der Waals surface area contributed by atoms with Crippen molar-refractivity contribution in [1.29, 1.82) is 0 Å². The highest BCUT2D eigenvalue weighted by Gasteiger charge is 2.23. The van der Waals surface area contributed by atoms with E-state index in [1.54, 1.807) is 61.5 Å². The van der Waals surface area contributed by atoms with Crippen molar-refractivity contribution in [1.82, 2.24) is 10.1 Å². The minimum Gasteiger partial charge on any atom is -0.490 e. The van der Waals surface area contributed by atoms with Gasteiger partial charge >= 0.3 is 0 Å². The quantitative estimate of drug-likeness (QED) is 0.197. The zero-order chi connectivity index (χ0) is 28.4. The van der Waals surface area contributed by atoms with E-state index in [0.29, 0.717) is 33.7 Å². The third kappa shape index (κ3) is 8.91. The molecule has 39 heavy (non-hydrogen) atoms. The normalized spacial score (nSPS) is 12.2. The van der Waals surface area contributed by atoms with Crippen molar-refractivity contribution >= 4 is 44.0 Å². The molecule has 10 nitrogen and oxygen atoms in total. The summed E-state index contributed by atoms with van der Waals surface area (Å²) < 4.78 is 40.2. The molecule has 0 saturated carbocycles. The number of amides is 2. The molecule has 0 saturated heterocycles. The van der Waals surface area contributed by atoms with E-state index in [-0.39, 0.29) is 17.9 Å². The number of ether oxygens (including phenoxy) is 2. The molecule has 12 heteroatoms. The molecule has 0 unspecified atom stereocenters. The average Bonchev–Trinajstić information content (AvgIpc) is 2.88. The summed E-state index contributed by atoms with van der Waals surface area (Å²) in [5.41, 5.74) is 9.72. The predicted molar refractivity (Wildman–Crippen MR) is 151 cm³/mol. The van der Waals surface area contributed by atoms with Gasteiger partial charge in [-0.3, -0.25) is 9.59 Å². The fraction of sp³-hybridized carbons (Fsp3) is 0.222. The lowest BCUT2D eigenvalue weighted by Crippen LogP contribution is -2.32. The van der Waals surface area contributed by atoms with E-state index >= 15 is 0 Å². The van der Waals surface area contributed by atoms with Crippen molar-refractivity contribution in [3.05, 3.63) is 87.9 Å². The Morgan fingerprint density at radius 2 is 1.77 bits per heavy atom. The molecule has 4 N–H and O–H groups in total. The molecule has 0 fully saturated rings. The lowest BCUT2D eigenvalue weighted by atomic mass is 10.0. The fourth-order valence-corrected chi connectivity index (χ4v) is 5.30. The van der Waals surface area contributed by atoms with Gasteiger partial charge in [0.05, 0.1) is 28.2 Å². The summed E-state index contributed by atoms with van der Waals surface area (Å²) in [5.74, 6) is -0.469. The lowest BCUT2D eigenvalue weighted by molar-refractivity contribution is -0.121. The molecule has 0 aliphatic heterocycles. The summed E-state index contributed by atoms with van der Waals surface area (Å²) in [6.07, 6.45) is 1.21. The first-order valence-electron chi connectivity index (χ1n) is 11.9. The van der Waals surface area contributed by atoms with Gasteiger partial charge in [-0.05, 0) is 65.2 Å². The van der Waals surface area contributed by atoms with Gasteiger partial charge in [-0.25, -0.2) is 18.6 Å². The summed E-state index contributed by atoms with van der Waals surface area (Å²) in [6, 6.07) is 17.7. The van der Waals surface area contributed by atoms with Crippen LogP contribution in [0.5, 0.6) is 11.5 Å². The van der Waals surface area contributed by atoms with Crippen LogP contribution in [0.15, 0.2) is 81.2 Å². The van der Waals surface area contributed by atoms with Gasteiger partial charge in [-0.1, -0.05) is 48.0 Å². The van der Waals surface area contributed by atoms with E-state index in [4.69, 9.17) is 15.2 Å². The molecule has 2 amide bonds. The third-order valence-electron chi connectivity index (χ3n) is 5.31. The number of sulfonamides is 1. The second kappa shape index (κ2) is 13.9. The van der Waals surface area contributed by atoms with E-state index in [2.05, 4.69) is 31.2 Å². The Kier molecular flexibility index (Phi) is 10.6. The van der Waals surface area contributed by atoms with Crippen molar-refractivity contribution in [2.45, 2.75) is 31.2 Å². The maximum atomic E-state index is 13.0. The number of halogens is 1. The number of nitrogens with one attached hydrogen (secondary N) is 2. The van der Waals surface area contributed by atoms with Crippen LogP contribution in [-0.4, -0.2) is 39.7 Å². The molecule has 0 heterocycles. The first-order chi connectivity index (χ1) is 18.6. The number of carbonyl (C=O) groups excluding carboxylic acids is 2. The fourth-order valence-electron chi connectivity index (χ4n) is 3.50. The minimum atomic E-state index is -3.89. The van der Waals surface area contributed by atoms with Crippen molar-refractivity contribution in [2.75, 3.05) is 13.2 Å². The van der Waals surface area contributed by atoms with E-state index in [1.165, 1.54) is 18.3 Å². The summed E-state index contributed by atoms with van der Waals surface area (Å²) >= 11 is 3.38. The van der Waals surface area contributed by atoms with Gasteiger partial charge in [0.15, 0.2) is 18.1 Å². The number of hydrazone groups is 1. The number of rotatable bonds is 13. The van der Waals surface area contributed by atoms with Crippen LogP contribution in [0.3, 0.4) is 0 Å². The van der Waals surface area contributed by atoms with Crippen molar-refractivity contribution in [2.24, 2.45) is 10.8 Å². The topological polar surface area (TPSA) is 149 Å². The molecule has 0 aromatic heterocycles. The van der Waals surface area contributed by atoms with Gasteiger partial charge in [0, 0.05) is 6.42 Å². The maximum Gasteiger partial charge on any atom is 0.255 e. The predicted octanol–water partition coefficient (Wildman–Crippen LogP) is 3.58. The van der Waals surface area contributed by atoms with E-state index in [9.17, 15) is 18.0 Å². The minimum absolute atomic E-state index is 0.103. The van der Waals surface area contributed by atoms with Gasteiger partial charge in [-0.2, -0.15) is 5.10 Å².